The Morgan fingerprint density at radius 2 is 2.26 bits per heavy atom. The zero-order valence-electron chi connectivity index (χ0n) is 11.2. The van der Waals surface area contributed by atoms with Crippen LogP contribution in [0.4, 0.5) is 4.39 Å². The van der Waals surface area contributed by atoms with Gasteiger partial charge in [0.2, 0.25) is 5.91 Å². The molecule has 1 heterocycles. The molecule has 1 amide bonds. The van der Waals surface area contributed by atoms with Gasteiger partial charge >= 0.3 is 0 Å². The monoisotopic (exact) mass is 266 g/mol. The van der Waals surface area contributed by atoms with Crippen LogP contribution >= 0.6 is 0 Å². The van der Waals surface area contributed by atoms with Crippen LogP contribution in [-0.4, -0.2) is 37.1 Å². The lowest BCUT2D eigenvalue weighted by molar-refractivity contribution is -0.129. The molecule has 0 bridgehead atoms. The molecule has 0 aromatic heterocycles. The maximum Gasteiger partial charge on any atom is 0.224 e. The first-order valence-corrected chi connectivity index (χ1v) is 6.34. The lowest BCUT2D eigenvalue weighted by Gasteiger charge is -2.27. The summed E-state index contributed by atoms with van der Waals surface area (Å²) >= 11 is 0. The number of nitrogens with zero attached hydrogens (tertiary/aromatic N) is 1. The van der Waals surface area contributed by atoms with E-state index >= 15 is 0 Å². The summed E-state index contributed by atoms with van der Waals surface area (Å²) in [5.74, 6) is -0.362. The van der Waals surface area contributed by atoms with Crippen LogP contribution in [0.5, 0.6) is 0 Å². The fourth-order valence-corrected chi connectivity index (χ4v) is 2.56. The van der Waals surface area contributed by atoms with E-state index in [1.165, 1.54) is 6.07 Å². The second kappa shape index (κ2) is 5.67. The molecule has 0 radical (unpaired) electrons. The van der Waals surface area contributed by atoms with Crippen LogP contribution in [0.1, 0.15) is 23.6 Å². The number of rotatable bonds is 4. The van der Waals surface area contributed by atoms with Gasteiger partial charge in [-0.3, -0.25) is 4.79 Å². The SMILES string of the molecule is COCCN1C(=O)CC(N)C1c1cc(C)ccc1F. The predicted molar refractivity (Wildman–Crippen MR) is 70.1 cm³/mol. The van der Waals surface area contributed by atoms with Gasteiger partial charge in [0.1, 0.15) is 5.82 Å². The van der Waals surface area contributed by atoms with Crippen molar-refractivity contribution in [3.05, 3.63) is 35.1 Å². The van der Waals surface area contributed by atoms with E-state index in [-0.39, 0.29) is 24.2 Å². The third kappa shape index (κ3) is 2.77. The van der Waals surface area contributed by atoms with E-state index in [1.807, 2.05) is 6.92 Å². The number of aryl methyl sites for hydroxylation is 1. The number of amides is 1. The lowest BCUT2D eigenvalue weighted by Crippen LogP contribution is -2.35. The normalized spacial score (nSPS) is 23.2. The van der Waals surface area contributed by atoms with Crippen molar-refractivity contribution in [2.24, 2.45) is 5.73 Å². The van der Waals surface area contributed by atoms with E-state index in [4.69, 9.17) is 10.5 Å². The van der Waals surface area contributed by atoms with Crippen molar-refractivity contribution in [2.75, 3.05) is 20.3 Å². The van der Waals surface area contributed by atoms with Gasteiger partial charge in [-0.05, 0) is 13.0 Å². The molecule has 1 aromatic carbocycles. The van der Waals surface area contributed by atoms with Crippen molar-refractivity contribution in [3.63, 3.8) is 0 Å². The maximum absolute atomic E-state index is 14.0. The molecule has 1 aliphatic heterocycles. The van der Waals surface area contributed by atoms with Gasteiger partial charge in [-0.1, -0.05) is 17.7 Å². The minimum Gasteiger partial charge on any atom is -0.383 e. The summed E-state index contributed by atoms with van der Waals surface area (Å²) in [4.78, 5) is 13.6. The minimum atomic E-state index is -0.400. The maximum atomic E-state index is 14.0. The van der Waals surface area contributed by atoms with E-state index in [0.29, 0.717) is 18.7 Å². The lowest BCUT2D eigenvalue weighted by atomic mass is 9.98. The second-order valence-electron chi connectivity index (χ2n) is 4.92. The Kier molecular flexibility index (Phi) is 4.17. The number of benzene rings is 1. The summed E-state index contributed by atoms with van der Waals surface area (Å²) in [7, 11) is 1.57. The smallest absolute Gasteiger partial charge is 0.224 e. The molecule has 1 saturated heterocycles. The number of methoxy groups -OCH3 is 1. The largest absolute Gasteiger partial charge is 0.383 e. The summed E-state index contributed by atoms with van der Waals surface area (Å²) < 4.78 is 19.0. The number of hydrogen-bond donors (Lipinski definition) is 1. The fourth-order valence-electron chi connectivity index (χ4n) is 2.56. The molecule has 5 heteroatoms. The van der Waals surface area contributed by atoms with Crippen molar-refractivity contribution in [2.45, 2.75) is 25.4 Å². The number of likely N-dealkylation sites (tertiary alicyclic amines) is 1. The molecule has 104 valence electrons. The van der Waals surface area contributed by atoms with Crippen molar-refractivity contribution in [1.29, 1.82) is 0 Å². The molecule has 2 N–H and O–H groups in total. The Morgan fingerprint density at radius 1 is 1.53 bits per heavy atom. The van der Waals surface area contributed by atoms with Crippen molar-refractivity contribution in [3.8, 4) is 0 Å². The molecular formula is C14H19FN2O2. The highest BCUT2D eigenvalue weighted by Crippen LogP contribution is 2.33. The minimum absolute atomic E-state index is 0.0459. The molecule has 0 spiro atoms. The van der Waals surface area contributed by atoms with Gasteiger partial charge in [-0.15, -0.1) is 0 Å². The summed E-state index contributed by atoms with van der Waals surface area (Å²) in [6.45, 7) is 2.74. The van der Waals surface area contributed by atoms with Crippen LogP contribution in [-0.2, 0) is 9.53 Å². The van der Waals surface area contributed by atoms with Crippen LogP contribution in [0.2, 0.25) is 0 Å². The highest BCUT2D eigenvalue weighted by atomic mass is 19.1. The van der Waals surface area contributed by atoms with Crippen LogP contribution in [0.15, 0.2) is 18.2 Å². The van der Waals surface area contributed by atoms with Crippen molar-refractivity contribution >= 4 is 5.91 Å². The summed E-state index contributed by atoms with van der Waals surface area (Å²) in [5, 5.41) is 0. The molecule has 1 fully saturated rings. The zero-order valence-corrected chi connectivity index (χ0v) is 11.2. The van der Waals surface area contributed by atoms with Gasteiger partial charge in [0, 0.05) is 31.7 Å². The van der Waals surface area contributed by atoms with Gasteiger partial charge in [0.15, 0.2) is 0 Å². The average Bonchev–Trinajstić information content (AvgIpc) is 2.64. The first-order valence-electron chi connectivity index (χ1n) is 6.34. The molecule has 0 aliphatic carbocycles. The third-order valence-corrected chi connectivity index (χ3v) is 3.48. The Balaban J connectivity index is 2.33. The molecule has 4 nitrogen and oxygen atoms in total. The summed E-state index contributed by atoms with van der Waals surface area (Å²) in [5.41, 5.74) is 7.46. The Bertz CT molecular complexity index is 479. The van der Waals surface area contributed by atoms with Crippen LogP contribution in [0.3, 0.4) is 0 Å². The van der Waals surface area contributed by atoms with E-state index in [0.717, 1.165) is 5.56 Å². The fraction of sp³-hybridized carbons (Fsp3) is 0.500. The van der Waals surface area contributed by atoms with Gasteiger partial charge in [-0.2, -0.15) is 0 Å². The van der Waals surface area contributed by atoms with Gasteiger partial charge in [-0.25, -0.2) is 4.39 Å². The number of nitrogens with two attached hydrogens (primary N) is 1. The van der Waals surface area contributed by atoms with E-state index in [2.05, 4.69) is 0 Å². The number of halogens is 1. The second-order valence-corrected chi connectivity index (χ2v) is 4.92. The molecule has 19 heavy (non-hydrogen) atoms. The quantitative estimate of drug-likeness (QED) is 0.895. The highest BCUT2D eigenvalue weighted by Gasteiger charge is 2.39. The van der Waals surface area contributed by atoms with Crippen molar-refractivity contribution in [1.82, 2.24) is 4.90 Å². The molecule has 0 saturated carbocycles. The molecule has 1 aromatic rings. The Hall–Kier alpha value is -1.46. The number of hydrogen-bond acceptors (Lipinski definition) is 3. The molecule has 2 atom stereocenters. The van der Waals surface area contributed by atoms with Gasteiger partial charge in [0.05, 0.1) is 12.6 Å². The zero-order chi connectivity index (χ0) is 14.0. The van der Waals surface area contributed by atoms with E-state index in [1.54, 1.807) is 24.1 Å². The molecule has 2 unspecified atom stereocenters. The highest BCUT2D eigenvalue weighted by molar-refractivity contribution is 5.80. The Labute approximate surface area is 112 Å². The van der Waals surface area contributed by atoms with Crippen LogP contribution in [0.25, 0.3) is 0 Å². The standard InChI is InChI=1S/C14H19FN2O2/c1-9-3-4-11(15)10(7-9)14-12(16)8-13(18)17(14)5-6-19-2/h3-4,7,12,14H,5-6,8,16H2,1-2H3. The topological polar surface area (TPSA) is 55.6 Å². The van der Waals surface area contributed by atoms with Crippen LogP contribution < -0.4 is 5.73 Å². The number of ether oxygens (including phenoxy) is 1. The van der Waals surface area contributed by atoms with E-state index < -0.39 is 6.04 Å². The summed E-state index contributed by atoms with van der Waals surface area (Å²) in [6.07, 6.45) is 0.252. The average molecular weight is 266 g/mol. The first-order chi connectivity index (χ1) is 9.04. The van der Waals surface area contributed by atoms with Gasteiger partial charge in [0.25, 0.3) is 0 Å². The van der Waals surface area contributed by atoms with Gasteiger partial charge < -0.3 is 15.4 Å². The van der Waals surface area contributed by atoms with E-state index in [9.17, 15) is 9.18 Å². The predicted octanol–water partition coefficient (Wildman–Crippen LogP) is 1.38. The van der Waals surface area contributed by atoms with Crippen molar-refractivity contribution < 1.29 is 13.9 Å². The third-order valence-electron chi connectivity index (χ3n) is 3.48. The molecule has 2 rings (SSSR count). The summed E-state index contributed by atoms with van der Waals surface area (Å²) in [6, 6.07) is 4.12. The van der Waals surface area contributed by atoms with Crippen LogP contribution in [0, 0.1) is 12.7 Å². The number of carbonyl (C=O) groups excluding carboxylic acids is 1. The molecular weight excluding hydrogens is 247 g/mol. The number of carbonyl (C=O) groups is 1. The Morgan fingerprint density at radius 3 is 2.95 bits per heavy atom. The molecule has 1 aliphatic rings. The first kappa shape index (κ1) is 14.0.